The fourth-order valence-corrected chi connectivity index (χ4v) is 5.14. The molecule has 2 aromatic rings. The second-order valence-corrected chi connectivity index (χ2v) is 12.6. The zero-order valence-electron chi connectivity index (χ0n) is 27.4. The summed E-state index contributed by atoms with van der Waals surface area (Å²) in [7, 11) is 1.53. The van der Waals surface area contributed by atoms with Crippen molar-refractivity contribution in [2.75, 3.05) is 32.8 Å². The second kappa shape index (κ2) is 20.5. The van der Waals surface area contributed by atoms with Crippen LogP contribution < -0.4 is 0 Å². The number of nitrogens with zero attached hydrogens (tertiary/aromatic N) is 3. The van der Waals surface area contributed by atoms with Crippen LogP contribution in [0.5, 0.6) is 0 Å². The predicted molar refractivity (Wildman–Crippen MR) is 175 cm³/mol. The van der Waals surface area contributed by atoms with Crippen molar-refractivity contribution in [2.24, 2.45) is 17.8 Å². The van der Waals surface area contributed by atoms with Gasteiger partial charge in [0.25, 0.3) is 5.66 Å². The van der Waals surface area contributed by atoms with E-state index in [4.69, 9.17) is 4.74 Å². The number of benzene rings is 1. The maximum absolute atomic E-state index is 13.0. The summed E-state index contributed by atoms with van der Waals surface area (Å²) in [4.78, 5) is 2.58. The van der Waals surface area contributed by atoms with Gasteiger partial charge in [0.1, 0.15) is 0 Å². The predicted octanol–water partition coefficient (Wildman–Crippen LogP) is 9.81. The highest BCUT2D eigenvalue weighted by Crippen LogP contribution is 2.35. The standard InChI is InChI=1S/C12H13F2N2P.C9H17NO.C9H20.C4H10/c1-8-7-9(2)16(15-8)11-5-3-10(4-6-11)12(13,14)17;1-2-3-10-4-8-6-11-7-9(8)5-10;1-4-6-7-8-9(3)5-2;1-3-4-2/h3-7H,17H2,1-2H3;8-9H,2-7H2,1H3;9H,4-8H2,1-3H3;3-4H2,1-2H3. The van der Waals surface area contributed by atoms with Crippen molar-refractivity contribution in [3.8, 4) is 5.69 Å². The van der Waals surface area contributed by atoms with Crippen LogP contribution in [0.4, 0.5) is 8.78 Å². The molecule has 0 N–H and O–H groups in total. The number of halogens is 2. The Labute approximate surface area is 253 Å². The number of aromatic nitrogens is 2. The van der Waals surface area contributed by atoms with Crippen LogP contribution in [0.15, 0.2) is 30.3 Å². The number of hydrogen-bond donors (Lipinski definition) is 0. The van der Waals surface area contributed by atoms with Gasteiger partial charge in [0.2, 0.25) is 0 Å². The zero-order chi connectivity index (χ0) is 30.8. The van der Waals surface area contributed by atoms with Gasteiger partial charge in [-0.2, -0.15) is 13.9 Å². The molecule has 4 nitrogen and oxygen atoms in total. The molecule has 3 heterocycles. The maximum Gasteiger partial charge on any atom is 0.283 e. The Morgan fingerprint density at radius 2 is 1.51 bits per heavy atom. The molecule has 4 unspecified atom stereocenters. The van der Waals surface area contributed by atoms with Crippen molar-refractivity contribution >= 4 is 9.24 Å². The lowest BCUT2D eigenvalue weighted by molar-refractivity contribution is 0.104. The van der Waals surface area contributed by atoms with Crippen molar-refractivity contribution in [1.82, 2.24) is 14.7 Å². The van der Waals surface area contributed by atoms with E-state index in [9.17, 15) is 8.78 Å². The van der Waals surface area contributed by atoms with Gasteiger partial charge in [-0.1, -0.05) is 108 Å². The SMILES string of the molecule is CCCC.CCCCCC(C)CC.CCCN1CC2COCC2C1.Cc1cc(C)n(-c2ccc(C(F)(F)P)cc2)n1. The summed E-state index contributed by atoms with van der Waals surface area (Å²) in [5.41, 5.74) is -0.231. The second-order valence-electron chi connectivity index (χ2n) is 11.8. The third-order valence-corrected chi connectivity index (χ3v) is 8.19. The molecule has 0 bridgehead atoms. The quantitative estimate of drug-likeness (QED) is 0.202. The average Bonchev–Trinajstić information content (AvgIpc) is 3.64. The normalized spacial score (nSPS) is 18.8. The molecule has 2 fully saturated rings. The molecular weight excluding hydrogens is 535 g/mol. The monoisotopic (exact) mass is 595 g/mol. The Balaban J connectivity index is 0.000000304. The van der Waals surface area contributed by atoms with Crippen LogP contribution in [-0.4, -0.2) is 47.5 Å². The van der Waals surface area contributed by atoms with Gasteiger partial charge in [-0.05, 0) is 50.9 Å². The van der Waals surface area contributed by atoms with Gasteiger partial charge >= 0.3 is 0 Å². The Hall–Kier alpha value is -1.36. The average molecular weight is 596 g/mol. The minimum absolute atomic E-state index is 0.0206. The highest BCUT2D eigenvalue weighted by molar-refractivity contribution is 7.17. The van der Waals surface area contributed by atoms with Crippen molar-refractivity contribution in [1.29, 1.82) is 0 Å². The smallest absolute Gasteiger partial charge is 0.283 e. The first-order valence-electron chi connectivity index (χ1n) is 16.1. The molecule has 1 aromatic heterocycles. The summed E-state index contributed by atoms with van der Waals surface area (Å²) in [5.74, 6) is 2.68. The van der Waals surface area contributed by atoms with E-state index < -0.39 is 5.66 Å². The van der Waals surface area contributed by atoms with E-state index in [0.717, 1.165) is 48.0 Å². The summed E-state index contributed by atoms with van der Waals surface area (Å²) < 4.78 is 33.2. The van der Waals surface area contributed by atoms with Gasteiger partial charge in [0.05, 0.1) is 24.6 Å². The van der Waals surface area contributed by atoms with Crippen LogP contribution in [0, 0.1) is 31.6 Å². The molecule has 0 saturated carbocycles. The van der Waals surface area contributed by atoms with Crippen molar-refractivity contribution in [3.05, 3.63) is 47.3 Å². The Morgan fingerprint density at radius 3 is 1.93 bits per heavy atom. The third-order valence-electron chi connectivity index (χ3n) is 7.86. The van der Waals surface area contributed by atoms with Crippen molar-refractivity contribution < 1.29 is 13.5 Å². The van der Waals surface area contributed by atoms with Gasteiger partial charge in [0, 0.05) is 36.2 Å². The highest BCUT2D eigenvalue weighted by Gasteiger charge is 2.36. The number of fused-ring (bicyclic) bond motifs is 1. The Bertz CT molecular complexity index is 915. The molecule has 2 saturated heterocycles. The van der Waals surface area contributed by atoms with Crippen LogP contribution in [-0.2, 0) is 10.4 Å². The van der Waals surface area contributed by atoms with Crippen LogP contribution in [0.25, 0.3) is 5.69 Å². The fourth-order valence-electron chi connectivity index (χ4n) is 4.95. The van der Waals surface area contributed by atoms with E-state index in [0.29, 0.717) is 0 Å². The Morgan fingerprint density at radius 1 is 0.927 bits per heavy atom. The molecule has 2 aliphatic rings. The van der Waals surface area contributed by atoms with E-state index in [-0.39, 0.29) is 5.56 Å². The third kappa shape index (κ3) is 14.6. The summed E-state index contributed by atoms with van der Waals surface area (Å²) in [6.07, 6.45) is 10.9. The molecule has 0 aliphatic carbocycles. The summed E-state index contributed by atoms with van der Waals surface area (Å²) in [6.45, 7) is 23.2. The molecule has 0 amide bonds. The number of aryl methyl sites for hydroxylation is 2. The van der Waals surface area contributed by atoms with Gasteiger partial charge < -0.3 is 9.64 Å². The summed E-state index contributed by atoms with van der Waals surface area (Å²) in [5, 5.41) is 4.30. The van der Waals surface area contributed by atoms with Gasteiger partial charge in [-0.15, -0.1) is 0 Å². The Kier molecular flexibility index (Phi) is 18.9. The number of alkyl halides is 2. The summed E-state index contributed by atoms with van der Waals surface area (Å²) >= 11 is 0. The minimum atomic E-state index is -2.88. The topological polar surface area (TPSA) is 30.3 Å². The summed E-state index contributed by atoms with van der Waals surface area (Å²) in [6, 6.07) is 8.06. The maximum atomic E-state index is 13.0. The lowest BCUT2D eigenvalue weighted by Crippen LogP contribution is -2.23. The van der Waals surface area contributed by atoms with Gasteiger partial charge in [-0.25, -0.2) is 4.68 Å². The van der Waals surface area contributed by atoms with Crippen LogP contribution >= 0.6 is 9.24 Å². The number of hydrogen-bond acceptors (Lipinski definition) is 3. The van der Waals surface area contributed by atoms with Crippen molar-refractivity contribution in [2.45, 2.75) is 112 Å². The number of rotatable bonds is 10. The zero-order valence-corrected chi connectivity index (χ0v) is 28.5. The largest absolute Gasteiger partial charge is 0.381 e. The van der Waals surface area contributed by atoms with E-state index in [1.807, 2.05) is 19.9 Å². The highest BCUT2D eigenvalue weighted by atomic mass is 31.0. The molecule has 4 atom stereocenters. The molecule has 2 aliphatic heterocycles. The molecule has 0 radical (unpaired) electrons. The first-order chi connectivity index (χ1) is 19.5. The fraction of sp³-hybridized carbons (Fsp3) is 0.735. The molecule has 0 spiro atoms. The van der Waals surface area contributed by atoms with E-state index in [1.165, 1.54) is 92.4 Å². The number of likely N-dealkylation sites (tertiary alicyclic amines) is 1. The molecule has 4 rings (SSSR count). The number of ether oxygens (including phenoxy) is 1. The minimum Gasteiger partial charge on any atom is -0.381 e. The van der Waals surface area contributed by atoms with Crippen molar-refractivity contribution in [3.63, 3.8) is 0 Å². The lowest BCUT2D eigenvalue weighted by atomic mass is 10.0. The molecular formula is C34H60F2N3OP. The first kappa shape index (κ1) is 37.7. The van der Waals surface area contributed by atoms with Crippen LogP contribution in [0.1, 0.15) is 110 Å². The molecule has 41 heavy (non-hydrogen) atoms. The van der Waals surface area contributed by atoms with E-state index in [1.54, 1.807) is 16.8 Å². The molecule has 236 valence electrons. The van der Waals surface area contributed by atoms with E-state index >= 15 is 0 Å². The molecule has 1 aromatic carbocycles. The van der Waals surface area contributed by atoms with Gasteiger partial charge in [0.15, 0.2) is 0 Å². The van der Waals surface area contributed by atoms with Crippen LogP contribution in [0.3, 0.4) is 0 Å². The van der Waals surface area contributed by atoms with E-state index in [2.05, 4.69) is 51.5 Å². The number of unbranched alkanes of at least 4 members (excludes halogenated alkanes) is 3. The molecule has 7 heteroatoms. The van der Waals surface area contributed by atoms with Gasteiger partial charge in [-0.3, -0.25) is 0 Å². The van der Waals surface area contributed by atoms with Crippen LogP contribution in [0.2, 0.25) is 0 Å². The lowest BCUT2D eigenvalue weighted by Gasteiger charge is -2.14. The first-order valence-corrected chi connectivity index (χ1v) is 16.7.